The number of halogens is 3. The minimum absolute atomic E-state index is 0.297. The van der Waals surface area contributed by atoms with Gasteiger partial charge in [0.05, 0.1) is 12.1 Å². The van der Waals surface area contributed by atoms with Gasteiger partial charge in [-0.25, -0.2) is 4.79 Å². The van der Waals surface area contributed by atoms with E-state index < -0.39 is 11.7 Å². The van der Waals surface area contributed by atoms with Crippen LogP contribution in [-0.2, 0) is 31.3 Å². The maximum atomic E-state index is 12.8. The van der Waals surface area contributed by atoms with E-state index in [1.54, 1.807) is 17.0 Å². The quantitative estimate of drug-likeness (QED) is 0.427. The van der Waals surface area contributed by atoms with E-state index in [-0.39, 0.29) is 5.69 Å². The third-order valence-electron chi connectivity index (χ3n) is 5.17. The fourth-order valence-corrected chi connectivity index (χ4v) is 4.68. The first-order valence-corrected chi connectivity index (χ1v) is 10.7. The zero-order valence-corrected chi connectivity index (χ0v) is 17.0. The molecule has 0 atom stereocenters. The van der Waals surface area contributed by atoms with Crippen molar-refractivity contribution in [2.45, 2.75) is 49.2 Å². The molecule has 4 rings (SSSR count). The molecular formula is C22H20F3N3OS. The smallest absolute Gasteiger partial charge is 0.291 e. The number of thioether (sulfide) groups is 1. The van der Waals surface area contributed by atoms with Crippen molar-refractivity contribution in [2.24, 2.45) is 0 Å². The minimum Gasteiger partial charge on any atom is -0.291 e. The molecule has 0 N–H and O–H groups in total. The second-order valence-electron chi connectivity index (χ2n) is 7.26. The monoisotopic (exact) mass is 431 g/mol. The molecule has 0 radical (unpaired) electrons. The van der Waals surface area contributed by atoms with Gasteiger partial charge in [-0.1, -0.05) is 18.2 Å². The Morgan fingerprint density at radius 1 is 1.03 bits per heavy atom. The molecule has 0 saturated heterocycles. The number of benzene rings is 1. The Morgan fingerprint density at radius 2 is 1.80 bits per heavy atom. The summed E-state index contributed by atoms with van der Waals surface area (Å²) >= 11 is 1.41. The average molecular weight is 431 g/mol. The highest BCUT2D eigenvalue weighted by atomic mass is 32.2. The number of nitrogens with zero attached hydrogens (tertiary/aromatic N) is 3. The lowest BCUT2D eigenvalue weighted by molar-refractivity contribution is -0.137. The van der Waals surface area contributed by atoms with Crippen LogP contribution in [-0.4, -0.2) is 14.5 Å². The van der Waals surface area contributed by atoms with Gasteiger partial charge in [0.15, 0.2) is 0 Å². The normalized spacial score (nSPS) is 13.8. The number of hydrogen-bond acceptors (Lipinski definition) is 4. The van der Waals surface area contributed by atoms with Crippen molar-refractivity contribution in [3.8, 4) is 0 Å². The van der Waals surface area contributed by atoms with Crippen LogP contribution in [0.5, 0.6) is 0 Å². The van der Waals surface area contributed by atoms with Crippen molar-refractivity contribution >= 4 is 11.8 Å². The van der Waals surface area contributed by atoms with Gasteiger partial charge in [0.2, 0.25) is 0 Å². The van der Waals surface area contributed by atoms with E-state index in [2.05, 4.69) is 9.97 Å². The molecule has 0 fully saturated rings. The van der Waals surface area contributed by atoms with Crippen LogP contribution in [0.15, 0.2) is 58.6 Å². The standard InChI is InChI=1S/C22H20F3N3OS/c23-22(24,25)17-9-7-15(8-10-17)14-30-20-18-5-1-2-6-19(18)28(21(29)27-20)13-16-4-3-11-26-12-16/h3-4,7-12H,1-2,5-6,13-14H2. The molecule has 0 amide bonds. The third kappa shape index (κ3) is 4.59. The lowest BCUT2D eigenvalue weighted by Crippen LogP contribution is -2.30. The van der Waals surface area contributed by atoms with E-state index in [4.69, 9.17) is 0 Å². The number of rotatable bonds is 5. The lowest BCUT2D eigenvalue weighted by Gasteiger charge is -2.22. The summed E-state index contributed by atoms with van der Waals surface area (Å²) in [6.45, 7) is 0.436. The van der Waals surface area contributed by atoms with Crippen LogP contribution in [0, 0.1) is 0 Å². The molecular weight excluding hydrogens is 411 g/mol. The van der Waals surface area contributed by atoms with Crippen LogP contribution in [0.4, 0.5) is 13.2 Å². The van der Waals surface area contributed by atoms with Gasteiger partial charge >= 0.3 is 11.9 Å². The van der Waals surface area contributed by atoms with Gasteiger partial charge in [-0.15, -0.1) is 11.8 Å². The van der Waals surface area contributed by atoms with Gasteiger partial charge in [-0.2, -0.15) is 18.2 Å². The number of alkyl halides is 3. The van der Waals surface area contributed by atoms with Crippen LogP contribution < -0.4 is 5.69 Å². The molecule has 1 aromatic carbocycles. The van der Waals surface area contributed by atoms with E-state index >= 15 is 0 Å². The molecule has 1 aliphatic carbocycles. The van der Waals surface area contributed by atoms with Crippen molar-refractivity contribution in [3.05, 3.63) is 87.2 Å². The molecule has 1 aliphatic rings. The Morgan fingerprint density at radius 3 is 2.50 bits per heavy atom. The van der Waals surface area contributed by atoms with Gasteiger partial charge in [-0.05, 0) is 55.0 Å². The van der Waals surface area contributed by atoms with Crippen molar-refractivity contribution in [1.29, 1.82) is 0 Å². The Kier molecular flexibility index (Phi) is 5.94. The zero-order chi connectivity index (χ0) is 21.1. The summed E-state index contributed by atoms with van der Waals surface area (Å²) in [6, 6.07) is 8.91. The Labute approximate surface area is 176 Å². The van der Waals surface area contributed by atoms with E-state index in [0.717, 1.165) is 60.2 Å². The number of aromatic nitrogens is 3. The van der Waals surface area contributed by atoms with E-state index in [9.17, 15) is 18.0 Å². The van der Waals surface area contributed by atoms with E-state index in [0.29, 0.717) is 17.3 Å². The van der Waals surface area contributed by atoms with E-state index in [1.807, 2.05) is 12.1 Å². The molecule has 0 unspecified atom stereocenters. The summed E-state index contributed by atoms with van der Waals surface area (Å²) in [5.41, 5.74) is 2.85. The lowest BCUT2D eigenvalue weighted by atomic mass is 9.97. The maximum absolute atomic E-state index is 12.8. The number of hydrogen-bond donors (Lipinski definition) is 0. The first kappa shape index (κ1) is 20.7. The zero-order valence-electron chi connectivity index (χ0n) is 16.2. The molecule has 8 heteroatoms. The van der Waals surface area contributed by atoms with Crippen LogP contribution >= 0.6 is 11.8 Å². The van der Waals surface area contributed by atoms with Crippen molar-refractivity contribution in [2.75, 3.05) is 0 Å². The largest absolute Gasteiger partial charge is 0.416 e. The molecule has 0 aliphatic heterocycles. The maximum Gasteiger partial charge on any atom is 0.416 e. The van der Waals surface area contributed by atoms with E-state index in [1.165, 1.54) is 23.9 Å². The van der Waals surface area contributed by atoms with Crippen molar-refractivity contribution < 1.29 is 13.2 Å². The minimum atomic E-state index is -4.34. The van der Waals surface area contributed by atoms with Gasteiger partial charge < -0.3 is 0 Å². The SMILES string of the molecule is O=c1nc(SCc2ccc(C(F)(F)F)cc2)c2c(n1Cc1cccnc1)CCCC2. The molecule has 0 bridgehead atoms. The van der Waals surface area contributed by atoms with Gasteiger partial charge in [0.1, 0.15) is 5.03 Å². The van der Waals surface area contributed by atoms with Gasteiger partial charge in [-0.3, -0.25) is 9.55 Å². The van der Waals surface area contributed by atoms with Gasteiger partial charge in [0.25, 0.3) is 0 Å². The second-order valence-corrected chi connectivity index (χ2v) is 8.23. The molecule has 156 valence electrons. The van der Waals surface area contributed by atoms with Crippen molar-refractivity contribution in [1.82, 2.24) is 14.5 Å². The molecule has 2 aromatic heterocycles. The molecule has 0 saturated carbocycles. The van der Waals surface area contributed by atoms with Crippen LogP contribution in [0.25, 0.3) is 0 Å². The molecule has 4 nitrogen and oxygen atoms in total. The fraction of sp³-hybridized carbons (Fsp3) is 0.318. The highest BCUT2D eigenvalue weighted by molar-refractivity contribution is 7.98. The summed E-state index contributed by atoms with van der Waals surface area (Å²) in [7, 11) is 0. The summed E-state index contributed by atoms with van der Waals surface area (Å²) < 4.78 is 40.0. The van der Waals surface area contributed by atoms with Gasteiger partial charge in [0, 0.05) is 29.4 Å². The second kappa shape index (κ2) is 8.63. The summed E-state index contributed by atoms with van der Waals surface area (Å²) in [6.07, 6.45) is 2.83. The van der Waals surface area contributed by atoms with Crippen LogP contribution in [0.2, 0.25) is 0 Å². The predicted octanol–water partition coefficient (Wildman–Crippen LogP) is 4.88. The highest BCUT2D eigenvalue weighted by Gasteiger charge is 2.30. The number of fused-ring (bicyclic) bond motifs is 1. The van der Waals surface area contributed by atoms with Crippen LogP contribution in [0.3, 0.4) is 0 Å². The summed E-state index contributed by atoms with van der Waals surface area (Å²) in [5, 5.41) is 0.692. The first-order valence-electron chi connectivity index (χ1n) is 9.72. The Bertz CT molecular complexity index is 1080. The number of pyridine rings is 1. The third-order valence-corrected chi connectivity index (χ3v) is 6.26. The predicted molar refractivity (Wildman–Crippen MR) is 109 cm³/mol. The first-order chi connectivity index (χ1) is 14.4. The van der Waals surface area contributed by atoms with Crippen molar-refractivity contribution in [3.63, 3.8) is 0 Å². The average Bonchev–Trinajstić information content (AvgIpc) is 2.75. The molecule has 3 aromatic rings. The summed E-state index contributed by atoms with van der Waals surface area (Å²) in [4.78, 5) is 21.2. The van der Waals surface area contributed by atoms with Crippen LogP contribution in [0.1, 0.15) is 40.8 Å². The Balaban J connectivity index is 1.58. The molecule has 0 spiro atoms. The fourth-order valence-electron chi connectivity index (χ4n) is 3.65. The summed E-state index contributed by atoms with van der Waals surface area (Å²) in [5.74, 6) is 0.462. The molecule has 2 heterocycles. The topological polar surface area (TPSA) is 47.8 Å². The Hall–Kier alpha value is -2.61. The highest BCUT2D eigenvalue weighted by Crippen LogP contribution is 2.32. The molecule has 30 heavy (non-hydrogen) atoms.